The van der Waals surface area contributed by atoms with Gasteiger partial charge in [-0.2, -0.15) is 0 Å². The average molecular weight is 155 g/mol. The lowest BCUT2D eigenvalue weighted by molar-refractivity contribution is 0.252. The highest BCUT2D eigenvalue weighted by atomic mass is 15.2. The minimum Gasteiger partial charge on any atom is -0.301 e. The predicted octanol–water partition coefficient (Wildman–Crippen LogP) is 2.66. The summed E-state index contributed by atoms with van der Waals surface area (Å²) < 4.78 is 0. The van der Waals surface area contributed by atoms with Gasteiger partial charge in [-0.15, -0.1) is 0 Å². The molecule has 1 rings (SSSR count). The molecule has 1 aliphatic rings. The van der Waals surface area contributed by atoms with Crippen LogP contribution >= 0.6 is 0 Å². The van der Waals surface area contributed by atoms with Crippen molar-refractivity contribution >= 4 is 0 Å². The van der Waals surface area contributed by atoms with Crippen LogP contribution in [0.4, 0.5) is 0 Å². The fourth-order valence-corrected chi connectivity index (χ4v) is 2.08. The van der Waals surface area contributed by atoms with Crippen LogP contribution in [0.2, 0.25) is 0 Å². The molecule has 0 radical (unpaired) electrons. The number of hydrogen-bond donors (Lipinski definition) is 0. The van der Waals surface area contributed by atoms with Crippen molar-refractivity contribution in [2.45, 2.75) is 52.0 Å². The van der Waals surface area contributed by atoms with E-state index >= 15 is 0 Å². The van der Waals surface area contributed by atoms with Gasteiger partial charge in [-0.25, -0.2) is 0 Å². The van der Waals surface area contributed by atoms with Gasteiger partial charge < -0.3 is 4.90 Å². The molecule has 1 fully saturated rings. The van der Waals surface area contributed by atoms with Crippen LogP contribution in [0.15, 0.2) is 0 Å². The van der Waals surface area contributed by atoms with E-state index in [9.17, 15) is 0 Å². The van der Waals surface area contributed by atoms with E-state index in [1.54, 1.807) is 0 Å². The largest absolute Gasteiger partial charge is 0.301 e. The Morgan fingerprint density at radius 2 is 2.18 bits per heavy atom. The van der Waals surface area contributed by atoms with E-state index in [0.29, 0.717) is 0 Å². The first-order valence-electron chi connectivity index (χ1n) is 5.12. The van der Waals surface area contributed by atoms with E-state index in [1.165, 1.54) is 45.2 Å². The van der Waals surface area contributed by atoms with E-state index in [0.717, 1.165) is 6.04 Å². The molecular weight excluding hydrogens is 134 g/mol. The normalized spacial score (nSPS) is 26.2. The zero-order valence-electron chi connectivity index (χ0n) is 7.97. The molecule has 0 aromatic heterocycles. The van der Waals surface area contributed by atoms with Gasteiger partial charge in [0.15, 0.2) is 0 Å². The summed E-state index contributed by atoms with van der Waals surface area (Å²) in [5.74, 6) is 0. The van der Waals surface area contributed by atoms with Gasteiger partial charge >= 0.3 is 0 Å². The highest BCUT2D eigenvalue weighted by Crippen LogP contribution is 2.20. The summed E-state index contributed by atoms with van der Waals surface area (Å²) in [5, 5.41) is 0. The Balaban J connectivity index is 2.20. The van der Waals surface area contributed by atoms with Gasteiger partial charge in [-0.3, -0.25) is 0 Å². The summed E-state index contributed by atoms with van der Waals surface area (Å²) in [7, 11) is 0. The first-order valence-corrected chi connectivity index (χ1v) is 5.12. The average Bonchev–Trinajstić information content (AvgIpc) is 2.47. The van der Waals surface area contributed by atoms with Crippen molar-refractivity contribution in [3.8, 4) is 0 Å². The van der Waals surface area contributed by atoms with Crippen molar-refractivity contribution in [3.05, 3.63) is 0 Å². The lowest BCUT2D eigenvalue weighted by Crippen LogP contribution is -2.28. The van der Waals surface area contributed by atoms with Crippen molar-refractivity contribution < 1.29 is 0 Å². The monoisotopic (exact) mass is 155 g/mol. The Hall–Kier alpha value is -0.0400. The van der Waals surface area contributed by atoms with Gasteiger partial charge in [0, 0.05) is 6.04 Å². The molecule has 0 spiro atoms. The van der Waals surface area contributed by atoms with Crippen molar-refractivity contribution in [1.82, 2.24) is 4.90 Å². The molecule has 0 N–H and O–H groups in total. The highest BCUT2D eigenvalue weighted by molar-refractivity contribution is 4.77. The topological polar surface area (TPSA) is 3.24 Å². The van der Waals surface area contributed by atoms with Crippen LogP contribution < -0.4 is 0 Å². The SMILES string of the molecule is CCCCC1CCCN1CC. The third kappa shape index (κ3) is 2.48. The van der Waals surface area contributed by atoms with Crippen LogP contribution in [0.5, 0.6) is 0 Å². The van der Waals surface area contributed by atoms with E-state index in [2.05, 4.69) is 18.7 Å². The molecule has 1 aliphatic heterocycles. The molecule has 1 nitrogen and oxygen atoms in total. The quantitative estimate of drug-likeness (QED) is 0.603. The molecule has 11 heavy (non-hydrogen) atoms. The van der Waals surface area contributed by atoms with Crippen LogP contribution in [0.25, 0.3) is 0 Å². The Morgan fingerprint density at radius 3 is 2.82 bits per heavy atom. The summed E-state index contributed by atoms with van der Waals surface area (Å²) in [4.78, 5) is 2.63. The van der Waals surface area contributed by atoms with Gasteiger partial charge in [0.25, 0.3) is 0 Å². The molecular formula is C10H21N. The predicted molar refractivity (Wildman–Crippen MR) is 49.8 cm³/mol. The van der Waals surface area contributed by atoms with Crippen LogP contribution in [-0.2, 0) is 0 Å². The molecule has 0 amide bonds. The van der Waals surface area contributed by atoms with Crippen LogP contribution in [0, 0.1) is 0 Å². The van der Waals surface area contributed by atoms with Crippen molar-refractivity contribution in [2.75, 3.05) is 13.1 Å². The second-order valence-corrected chi connectivity index (χ2v) is 3.57. The summed E-state index contributed by atoms with van der Waals surface area (Å²) in [6.07, 6.45) is 7.09. The molecule has 0 aliphatic carbocycles. The number of nitrogens with zero attached hydrogens (tertiary/aromatic N) is 1. The molecule has 0 aromatic carbocycles. The van der Waals surface area contributed by atoms with Crippen LogP contribution in [0.1, 0.15) is 46.0 Å². The van der Waals surface area contributed by atoms with Crippen LogP contribution in [0.3, 0.4) is 0 Å². The zero-order valence-corrected chi connectivity index (χ0v) is 7.97. The Labute approximate surface area is 70.8 Å². The van der Waals surface area contributed by atoms with Gasteiger partial charge in [-0.05, 0) is 32.4 Å². The molecule has 1 atom stereocenters. The number of rotatable bonds is 4. The Bertz CT molecular complexity index is 101. The van der Waals surface area contributed by atoms with E-state index in [1.807, 2.05) is 0 Å². The Kier molecular flexibility index (Phi) is 3.92. The fourth-order valence-electron chi connectivity index (χ4n) is 2.08. The maximum atomic E-state index is 2.63. The first kappa shape index (κ1) is 9.05. The molecule has 0 aromatic rings. The molecule has 0 bridgehead atoms. The van der Waals surface area contributed by atoms with Crippen molar-refractivity contribution in [2.24, 2.45) is 0 Å². The second kappa shape index (κ2) is 4.76. The lowest BCUT2D eigenvalue weighted by atomic mass is 10.1. The minimum atomic E-state index is 0.931. The number of unbranched alkanes of at least 4 members (excludes halogenated alkanes) is 1. The number of hydrogen-bond acceptors (Lipinski definition) is 1. The smallest absolute Gasteiger partial charge is 0.00956 e. The van der Waals surface area contributed by atoms with Crippen LogP contribution in [-0.4, -0.2) is 24.0 Å². The first-order chi connectivity index (χ1) is 5.38. The summed E-state index contributed by atoms with van der Waals surface area (Å²) in [6.45, 7) is 7.18. The zero-order chi connectivity index (χ0) is 8.10. The number of likely N-dealkylation sites (tertiary alicyclic amines) is 1. The second-order valence-electron chi connectivity index (χ2n) is 3.57. The summed E-state index contributed by atoms with van der Waals surface area (Å²) in [6, 6.07) is 0.931. The maximum Gasteiger partial charge on any atom is 0.00956 e. The standard InChI is InChI=1S/C10H21N/c1-3-5-7-10-8-6-9-11(10)4-2/h10H,3-9H2,1-2H3. The third-order valence-electron chi connectivity index (χ3n) is 2.80. The van der Waals surface area contributed by atoms with E-state index in [4.69, 9.17) is 0 Å². The van der Waals surface area contributed by atoms with Gasteiger partial charge in [0.2, 0.25) is 0 Å². The highest BCUT2D eigenvalue weighted by Gasteiger charge is 2.21. The van der Waals surface area contributed by atoms with E-state index in [-0.39, 0.29) is 0 Å². The lowest BCUT2D eigenvalue weighted by Gasteiger charge is -2.22. The third-order valence-corrected chi connectivity index (χ3v) is 2.80. The molecule has 1 heteroatoms. The molecule has 1 unspecified atom stereocenters. The van der Waals surface area contributed by atoms with E-state index < -0.39 is 0 Å². The molecule has 0 saturated carbocycles. The maximum absolute atomic E-state index is 2.63. The molecule has 66 valence electrons. The summed E-state index contributed by atoms with van der Waals surface area (Å²) in [5.41, 5.74) is 0. The fraction of sp³-hybridized carbons (Fsp3) is 1.00. The minimum absolute atomic E-state index is 0.931. The van der Waals surface area contributed by atoms with Gasteiger partial charge in [0.05, 0.1) is 0 Å². The van der Waals surface area contributed by atoms with Gasteiger partial charge in [0.1, 0.15) is 0 Å². The Morgan fingerprint density at radius 1 is 1.36 bits per heavy atom. The van der Waals surface area contributed by atoms with Crippen molar-refractivity contribution in [3.63, 3.8) is 0 Å². The van der Waals surface area contributed by atoms with Gasteiger partial charge in [-0.1, -0.05) is 26.7 Å². The molecule has 1 heterocycles. The van der Waals surface area contributed by atoms with Crippen molar-refractivity contribution in [1.29, 1.82) is 0 Å². The summed E-state index contributed by atoms with van der Waals surface area (Å²) >= 11 is 0. The molecule has 1 saturated heterocycles.